The van der Waals surface area contributed by atoms with Gasteiger partial charge in [0.2, 0.25) is 0 Å². The predicted octanol–water partition coefficient (Wildman–Crippen LogP) is 2.38. The normalized spacial score (nSPS) is 18.7. The first-order valence-corrected chi connectivity index (χ1v) is 7.29. The third kappa shape index (κ3) is 3.55. The molecule has 1 aliphatic carbocycles. The number of aryl methyl sites for hydroxylation is 1. The van der Waals surface area contributed by atoms with Crippen molar-refractivity contribution in [2.75, 3.05) is 0 Å². The van der Waals surface area contributed by atoms with Gasteiger partial charge >= 0.3 is 0 Å². The molecule has 1 aromatic rings. The summed E-state index contributed by atoms with van der Waals surface area (Å²) in [6.45, 7) is 5.36. The SMILES string of the molecule is CC(C)Cn1ncnc1CCC(N)C1CCCC1. The maximum absolute atomic E-state index is 6.29. The fraction of sp³-hybridized carbons (Fsp3) is 0.857. The van der Waals surface area contributed by atoms with Crippen molar-refractivity contribution >= 4 is 0 Å². The molecular formula is C14H26N4. The Morgan fingerprint density at radius 1 is 1.39 bits per heavy atom. The van der Waals surface area contributed by atoms with Crippen LogP contribution in [-0.4, -0.2) is 20.8 Å². The Bertz CT molecular complexity index is 352. The van der Waals surface area contributed by atoms with Gasteiger partial charge in [-0.2, -0.15) is 5.10 Å². The summed E-state index contributed by atoms with van der Waals surface area (Å²) in [6, 6.07) is 0.344. The van der Waals surface area contributed by atoms with E-state index in [1.54, 1.807) is 6.33 Å². The van der Waals surface area contributed by atoms with Gasteiger partial charge in [0, 0.05) is 19.0 Å². The van der Waals surface area contributed by atoms with E-state index >= 15 is 0 Å². The van der Waals surface area contributed by atoms with Crippen LogP contribution in [0.5, 0.6) is 0 Å². The van der Waals surface area contributed by atoms with Gasteiger partial charge in [0.25, 0.3) is 0 Å². The van der Waals surface area contributed by atoms with Gasteiger partial charge in [-0.3, -0.25) is 0 Å². The molecule has 0 aliphatic heterocycles. The molecule has 1 atom stereocenters. The molecule has 0 bridgehead atoms. The highest BCUT2D eigenvalue weighted by molar-refractivity contribution is 4.88. The van der Waals surface area contributed by atoms with Gasteiger partial charge in [0.1, 0.15) is 12.2 Å². The topological polar surface area (TPSA) is 56.7 Å². The second-order valence-corrected chi connectivity index (χ2v) is 6.00. The minimum Gasteiger partial charge on any atom is -0.327 e. The van der Waals surface area contributed by atoms with E-state index < -0.39 is 0 Å². The van der Waals surface area contributed by atoms with E-state index in [0.29, 0.717) is 12.0 Å². The van der Waals surface area contributed by atoms with Gasteiger partial charge in [-0.15, -0.1) is 0 Å². The molecule has 2 N–H and O–H groups in total. The van der Waals surface area contributed by atoms with Crippen molar-refractivity contribution in [3.05, 3.63) is 12.2 Å². The van der Waals surface area contributed by atoms with Crippen LogP contribution in [0.1, 0.15) is 51.8 Å². The number of nitrogens with two attached hydrogens (primary N) is 1. The van der Waals surface area contributed by atoms with Crippen LogP contribution in [0, 0.1) is 11.8 Å². The number of hydrogen-bond donors (Lipinski definition) is 1. The molecule has 2 rings (SSSR count). The van der Waals surface area contributed by atoms with Crippen LogP contribution in [0.25, 0.3) is 0 Å². The smallest absolute Gasteiger partial charge is 0.138 e. The lowest BCUT2D eigenvalue weighted by Crippen LogP contribution is -2.29. The summed E-state index contributed by atoms with van der Waals surface area (Å²) < 4.78 is 2.03. The van der Waals surface area contributed by atoms with Gasteiger partial charge in [-0.05, 0) is 31.1 Å². The minimum absolute atomic E-state index is 0.344. The van der Waals surface area contributed by atoms with Crippen LogP contribution in [-0.2, 0) is 13.0 Å². The quantitative estimate of drug-likeness (QED) is 0.843. The summed E-state index contributed by atoms with van der Waals surface area (Å²) in [5.74, 6) is 2.44. The summed E-state index contributed by atoms with van der Waals surface area (Å²) >= 11 is 0. The van der Waals surface area contributed by atoms with Gasteiger partial charge in [0.05, 0.1) is 0 Å². The lowest BCUT2D eigenvalue weighted by Gasteiger charge is -2.18. The third-order valence-corrected chi connectivity index (χ3v) is 3.94. The van der Waals surface area contributed by atoms with Crippen LogP contribution in [0.15, 0.2) is 6.33 Å². The molecular weight excluding hydrogens is 224 g/mol. The van der Waals surface area contributed by atoms with Crippen molar-refractivity contribution in [3.8, 4) is 0 Å². The summed E-state index contributed by atoms with van der Waals surface area (Å²) in [6.07, 6.45) is 9.04. The van der Waals surface area contributed by atoms with E-state index in [9.17, 15) is 0 Å². The van der Waals surface area contributed by atoms with Gasteiger partial charge in [0.15, 0.2) is 0 Å². The number of hydrogen-bond acceptors (Lipinski definition) is 3. The largest absolute Gasteiger partial charge is 0.327 e. The molecule has 1 saturated carbocycles. The molecule has 4 nitrogen and oxygen atoms in total. The molecule has 1 fully saturated rings. The third-order valence-electron chi connectivity index (χ3n) is 3.94. The van der Waals surface area contributed by atoms with E-state index in [2.05, 4.69) is 23.9 Å². The lowest BCUT2D eigenvalue weighted by molar-refractivity contribution is 0.398. The zero-order valence-electron chi connectivity index (χ0n) is 11.7. The van der Waals surface area contributed by atoms with Crippen LogP contribution in [0.2, 0.25) is 0 Å². The highest BCUT2D eigenvalue weighted by atomic mass is 15.3. The summed E-state index contributed by atoms with van der Waals surface area (Å²) in [7, 11) is 0. The van der Waals surface area contributed by atoms with E-state index in [1.807, 2.05) is 4.68 Å². The predicted molar refractivity (Wildman–Crippen MR) is 73.1 cm³/mol. The Kier molecular flexibility index (Phi) is 4.75. The van der Waals surface area contributed by atoms with Crippen LogP contribution >= 0.6 is 0 Å². The molecule has 102 valence electrons. The van der Waals surface area contributed by atoms with E-state index in [1.165, 1.54) is 25.7 Å². The maximum atomic E-state index is 6.29. The molecule has 0 saturated heterocycles. The summed E-state index contributed by atoms with van der Waals surface area (Å²) in [5, 5.41) is 4.30. The van der Waals surface area contributed by atoms with Crippen molar-refractivity contribution in [2.45, 2.75) is 65.0 Å². The Labute approximate surface area is 110 Å². The molecule has 1 aliphatic rings. The number of nitrogens with zero attached hydrogens (tertiary/aromatic N) is 3. The van der Waals surface area contributed by atoms with E-state index in [4.69, 9.17) is 5.73 Å². The number of aromatic nitrogens is 3. The average molecular weight is 250 g/mol. The van der Waals surface area contributed by atoms with Crippen LogP contribution in [0.4, 0.5) is 0 Å². The first kappa shape index (κ1) is 13.5. The molecule has 1 heterocycles. The first-order chi connectivity index (χ1) is 8.66. The fourth-order valence-electron chi connectivity index (χ4n) is 2.90. The van der Waals surface area contributed by atoms with Gasteiger partial charge < -0.3 is 5.73 Å². The van der Waals surface area contributed by atoms with E-state index in [0.717, 1.165) is 31.1 Å². The zero-order chi connectivity index (χ0) is 13.0. The highest BCUT2D eigenvalue weighted by Gasteiger charge is 2.22. The standard InChI is InChI=1S/C14H26N4/c1-11(2)9-18-14(16-10-17-18)8-7-13(15)12-5-3-4-6-12/h10-13H,3-9,15H2,1-2H3. The molecule has 0 radical (unpaired) electrons. The van der Waals surface area contributed by atoms with Crippen molar-refractivity contribution in [1.29, 1.82) is 0 Å². The average Bonchev–Trinajstić information content (AvgIpc) is 2.95. The molecule has 0 aromatic carbocycles. The molecule has 0 amide bonds. The fourth-order valence-corrected chi connectivity index (χ4v) is 2.90. The molecule has 1 aromatic heterocycles. The minimum atomic E-state index is 0.344. The molecule has 1 unspecified atom stereocenters. The maximum Gasteiger partial charge on any atom is 0.138 e. The lowest BCUT2D eigenvalue weighted by atomic mass is 9.95. The molecule has 4 heteroatoms. The van der Waals surface area contributed by atoms with Crippen molar-refractivity contribution in [2.24, 2.45) is 17.6 Å². The summed E-state index contributed by atoms with van der Waals surface area (Å²) in [5.41, 5.74) is 6.29. The van der Waals surface area contributed by atoms with Gasteiger partial charge in [-0.25, -0.2) is 9.67 Å². The monoisotopic (exact) mass is 250 g/mol. The second-order valence-electron chi connectivity index (χ2n) is 6.00. The van der Waals surface area contributed by atoms with Crippen molar-refractivity contribution in [3.63, 3.8) is 0 Å². The number of rotatable bonds is 6. The Morgan fingerprint density at radius 2 is 2.11 bits per heavy atom. The van der Waals surface area contributed by atoms with E-state index in [-0.39, 0.29) is 0 Å². The molecule has 0 spiro atoms. The Morgan fingerprint density at radius 3 is 2.78 bits per heavy atom. The van der Waals surface area contributed by atoms with Crippen LogP contribution in [0.3, 0.4) is 0 Å². The zero-order valence-corrected chi connectivity index (χ0v) is 11.7. The molecule has 18 heavy (non-hydrogen) atoms. The first-order valence-electron chi connectivity index (χ1n) is 7.29. The van der Waals surface area contributed by atoms with Gasteiger partial charge in [-0.1, -0.05) is 26.7 Å². The van der Waals surface area contributed by atoms with Crippen LogP contribution < -0.4 is 5.73 Å². The summed E-state index contributed by atoms with van der Waals surface area (Å²) in [4.78, 5) is 4.36. The van der Waals surface area contributed by atoms with Crippen molar-refractivity contribution in [1.82, 2.24) is 14.8 Å². The van der Waals surface area contributed by atoms with Crippen molar-refractivity contribution < 1.29 is 0 Å². The highest BCUT2D eigenvalue weighted by Crippen LogP contribution is 2.28. The Hall–Kier alpha value is -0.900. The second kappa shape index (κ2) is 6.32. The Balaban J connectivity index is 1.83.